The van der Waals surface area contributed by atoms with E-state index in [0.717, 1.165) is 28.8 Å². The summed E-state index contributed by atoms with van der Waals surface area (Å²) >= 11 is 1.35. The molecule has 0 unspecified atom stereocenters. The molecule has 1 aliphatic rings. The molecule has 26 heavy (non-hydrogen) atoms. The third kappa shape index (κ3) is 3.60. The van der Waals surface area contributed by atoms with Gasteiger partial charge in [0, 0.05) is 37.3 Å². The summed E-state index contributed by atoms with van der Waals surface area (Å²) in [6.45, 7) is 6.12. The summed E-state index contributed by atoms with van der Waals surface area (Å²) < 4.78 is 5.01. The summed E-state index contributed by atoms with van der Waals surface area (Å²) in [7, 11) is 0. The average Bonchev–Trinajstić information content (AvgIpc) is 2.98. The maximum absolute atomic E-state index is 12.9. The minimum atomic E-state index is -0.325. The van der Waals surface area contributed by atoms with Gasteiger partial charge in [0.15, 0.2) is 0 Å². The van der Waals surface area contributed by atoms with E-state index >= 15 is 0 Å². The first-order valence-electron chi connectivity index (χ1n) is 8.94. The molecule has 1 fully saturated rings. The molecule has 8 heteroatoms. The van der Waals surface area contributed by atoms with Gasteiger partial charge < -0.3 is 20.3 Å². The molecule has 0 aliphatic carbocycles. The van der Waals surface area contributed by atoms with Gasteiger partial charge in [0.25, 0.3) is 5.91 Å². The SMILES string of the molecule is CCCc1ccc2c(N)c(C(=O)N3CCN(C(=O)OCC)CC3)sc2n1. The molecule has 0 aromatic carbocycles. The largest absolute Gasteiger partial charge is 0.450 e. The van der Waals surface area contributed by atoms with Crippen LogP contribution in [0.15, 0.2) is 12.1 Å². The zero-order valence-corrected chi connectivity index (χ0v) is 16.0. The second-order valence-corrected chi connectivity index (χ2v) is 7.23. The number of anilines is 1. The molecule has 0 atom stereocenters. The number of hydrogen-bond acceptors (Lipinski definition) is 6. The number of nitrogens with two attached hydrogens (primary N) is 1. The molecule has 2 aromatic rings. The van der Waals surface area contributed by atoms with Crippen molar-refractivity contribution >= 4 is 39.2 Å². The lowest BCUT2D eigenvalue weighted by Gasteiger charge is -2.33. The zero-order chi connectivity index (χ0) is 18.7. The van der Waals surface area contributed by atoms with Gasteiger partial charge in [-0.25, -0.2) is 9.78 Å². The van der Waals surface area contributed by atoms with Gasteiger partial charge in [0.05, 0.1) is 12.3 Å². The number of aromatic nitrogens is 1. The fourth-order valence-electron chi connectivity index (χ4n) is 3.04. The molecular weight excluding hydrogens is 352 g/mol. The molecule has 1 aliphatic heterocycles. The van der Waals surface area contributed by atoms with Crippen molar-refractivity contribution in [1.29, 1.82) is 0 Å². The smallest absolute Gasteiger partial charge is 0.409 e. The van der Waals surface area contributed by atoms with Crippen LogP contribution in [0.2, 0.25) is 0 Å². The lowest BCUT2D eigenvalue weighted by atomic mass is 10.2. The number of aryl methyl sites for hydroxylation is 1. The van der Waals surface area contributed by atoms with E-state index in [1.54, 1.807) is 16.7 Å². The van der Waals surface area contributed by atoms with E-state index in [-0.39, 0.29) is 12.0 Å². The fourth-order valence-corrected chi connectivity index (χ4v) is 4.12. The molecule has 1 saturated heterocycles. The topological polar surface area (TPSA) is 88.8 Å². The van der Waals surface area contributed by atoms with E-state index in [2.05, 4.69) is 11.9 Å². The highest BCUT2D eigenvalue weighted by Crippen LogP contribution is 2.33. The summed E-state index contributed by atoms with van der Waals surface area (Å²) in [4.78, 5) is 34.0. The van der Waals surface area contributed by atoms with Crippen LogP contribution in [0, 0.1) is 0 Å². The Morgan fingerprint density at radius 3 is 2.54 bits per heavy atom. The number of ether oxygens (including phenoxy) is 1. The van der Waals surface area contributed by atoms with Gasteiger partial charge in [-0.05, 0) is 25.5 Å². The first kappa shape index (κ1) is 18.4. The lowest BCUT2D eigenvalue weighted by molar-refractivity contribution is 0.0575. The van der Waals surface area contributed by atoms with E-state index in [0.29, 0.717) is 43.4 Å². The zero-order valence-electron chi connectivity index (χ0n) is 15.2. The van der Waals surface area contributed by atoms with Gasteiger partial charge in [-0.15, -0.1) is 11.3 Å². The van der Waals surface area contributed by atoms with Crippen LogP contribution in [0.4, 0.5) is 10.5 Å². The molecule has 0 radical (unpaired) electrons. The van der Waals surface area contributed by atoms with E-state index < -0.39 is 0 Å². The number of rotatable bonds is 4. The predicted octanol–water partition coefficient (Wildman–Crippen LogP) is 2.75. The minimum absolute atomic E-state index is 0.0916. The van der Waals surface area contributed by atoms with Crippen molar-refractivity contribution in [2.45, 2.75) is 26.7 Å². The van der Waals surface area contributed by atoms with Crippen LogP contribution in [-0.2, 0) is 11.2 Å². The van der Waals surface area contributed by atoms with Gasteiger partial charge >= 0.3 is 6.09 Å². The van der Waals surface area contributed by atoms with Crippen LogP contribution in [0.3, 0.4) is 0 Å². The van der Waals surface area contributed by atoms with Crippen molar-refractivity contribution in [3.8, 4) is 0 Å². The number of nitrogens with zero attached hydrogens (tertiary/aromatic N) is 3. The third-order valence-corrected chi connectivity index (χ3v) is 5.55. The van der Waals surface area contributed by atoms with Crippen LogP contribution in [0.1, 0.15) is 35.6 Å². The monoisotopic (exact) mass is 376 g/mol. The van der Waals surface area contributed by atoms with E-state index in [1.165, 1.54) is 11.3 Å². The van der Waals surface area contributed by atoms with Crippen molar-refractivity contribution in [2.24, 2.45) is 0 Å². The van der Waals surface area contributed by atoms with Crippen LogP contribution < -0.4 is 5.73 Å². The van der Waals surface area contributed by atoms with Crippen LogP contribution in [0.5, 0.6) is 0 Å². The quantitative estimate of drug-likeness (QED) is 0.886. The summed E-state index contributed by atoms with van der Waals surface area (Å²) in [5.41, 5.74) is 7.74. The van der Waals surface area contributed by atoms with E-state index in [4.69, 9.17) is 10.5 Å². The highest BCUT2D eigenvalue weighted by molar-refractivity contribution is 7.21. The molecule has 0 spiro atoms. The number of carbonyl (C=O) groups excluding carboxylic acids is 2. The lowest BCUT2D eigenvalue weighted by Crippen LogP contribution is -2.50. The maximum Gasteiger partial charge on any atom is 0.409 e. The van der Waals surface area contributed by atoms with E-state index in [9.17, 15) is 9.59 Å². The molecule has 0 saturated carbocycles. The first-order valence-corrected chi connectivity index (χ1v) is 9.75. The highest BCUT2D eigenvalue weighted by atomic mass is 32.1. The number of thiophene rings is 1. The summed E-state index contributed by atoms with van der Waals surface area (Å²) in [6.07, 6.45) is 1.61. The fraction of sp³-hybridized carbons (Fsp3) is 0.500. The van der Waals surface area contributed by atoms with Gasteiger partial charge in [-0.1, -0.05) is 13.3 Å². The second-order valence-electron chi connectivity index (χ2n) is 6.23. The number of nitrogen functional groups attached to an aromatic ring is 1. The average molecular weight is 376 g/mol. The Balaban J connectivity index is 1.74. The van der Waals surface area contributed by atoms with Crippen LogP contribution in [-0.4, -0.2) is 59.6 Å². The van der Waals surface area contributed by atoms with Gasteiger partial charge in [-0.3, -0.25) is 4.79 Å². The Morgan fingerprint density at radius 2 is 1.88 bits per heavy atom. The highest BCUT2D eigenvalue weighted by Gasteiger charge is 2.28. The minimum Gasteiger partial charge on any atom is -0.450 e. The first-order chi connectivity index (χ1) is 12.5. The summed E-state index contributed by atoms with van der Waals surface area (Å²) in [6, 6.07) is 3.93. The predicted molar refractivity (Wildman–Crippen MR) is 103 cm³/mol. The Morgan fingerprint density at radius 1 is 1.19 bits per heavy atom. The maximum atomic E-state index is 12.9. The third-order valence-electron chi connectivity index (χ3n) is 4.44. The molecule has 0 bridgehead atoms. The molecule has 2 N–H and O–H groups in total. The molecule has 7 nitrogen and oxygen atoms in total. The molecule has 2 aromatic heterocycles. The molecular formula is C18H24N4O3S. The number of pyridine rings is 1. The number of amides is 2. The number of hydrogen-bond donors (Lipinski definition) is 1. The molecule has 3 heterocycles. The summed E-state index contributed by atoms with van der Waals surface area (Å²) in [5, 5.41) is 0.836. The van der Waals surface area contributed by atoms with Crippen molar-refractivity contribution in [2.75, 3.05) is 38.5 Å². The Kier molecular flexibility index (Phi) is 5.61. The summed E-state index contributed by atoms with van der Waals surface area (Å²) in [5.74, 6) is -0.0916. The molecule has 140 valence electrons. The Bertz CT molecular complexity index is 812. The number of piperazine rings is 1. The standard InChI is InChI=1S/C18H24N4O3S/c1-3-5-12-6-7-13-14(19)15(26-16(13)20-12)17(23)21-8-10-22(11-9-21)18(24)25-4-2/h6-7H,3-5,8-11,19H2,1-2H3. The van der Waals surface area contributed by atoms with Crippen molar-refractivity contribution in [1.82, 2.24) is 14.8 Å². The second kappa shape index (κ2) is 7.90. The van der Waals surface area contributed by atoms with Crippen molar-refractivity contribution < 1.29 is 14.3 Å². The van der Waals surface area contributed by atoms with Gasteiger partial charge in [0.1, 0.15) is 9.71 Å². The Hall–Kier alpha value is -2.35. The molecule has 2 amide bonds. The van der Waals surface area contributed by atoms with Gasteiger partial charge in [-0.2, -0.15) is 0 Å². The molecule has 3 rings (SSSR count). The number of fused-ring (bicyclic) bond motifs is 1. The Labute approximate surface area is 156 Å². The van der Waals surface area contributed by atoms with Crippen LogP contribution >= 0.6 is 11.3 Å². The normalized spacial score (nSPS) is 14.7. The van der Waals surface area contributed by atoms with Crippen molar-refractivity contribution in [3.05, 3.63) is 22.7 Å². The van der Waals surface area contributed by atoms with Crippen LogP contribution in [0.25, 0.3) is 10.2 Å². The van der Waals surface area contributed by atoms with Gasteiger partial charge in [0.2, 0.25) is 0 Å². The number of carbonyl (C=O) groups is 2. The van der Waals surface area contributed by atoms with Crippen molar-refractivity contribution in [3.63, 3.8) is 0 Å². The van der Waals surface area contributed by atoms with E-state index in [1.807, 2.05) is 12.1 Å².